The summed E-state index contributed by atoms with van der Waals surface area (Å²) in [5, 5.41) is 4.34. The minimum Gasteiger partial charge on any atom is -0.346 e. The molecule has 0 spiro atoms. The lowest BCUT2D eigenvalue weighted by atomic mass is 10.2. The molecule has 0 bridgehead atoms. The molecule has 0 radical (unpaired) electrons. The van der Waals surface area contributed by atoms with E-state index in [0.29, 0.717) is 17.1 Å². The standard InChI is InChI=1S/C10H11N5O2S/c11-15-8-2-1-6(3-12-8)9(16)13-4-7-5-18-10(17)14-7/h1-3,5H,4,11H2,(H,12,15)(H,13,16)(H,14,17). The molecular weight excluding hydrogens is 254 g/mol. The highest BCUT2D eigenvalue weighted by Gasteiger charge is 2.06. The molecule has 7 nitrogen and oxygen atoms in total. The monoisotopic (exact) mass is 265 g/mol. The zero-order chi connectivity index (χ0) is 13.0. The van der Waals surface area contributed by atoms with Crippen LogP contribution in [-0.4, -0.2) is 15.9 Å². The van der Waals surface area contributed by atoms with Crippen LogP contribution in [0.25, 0.3) is 0 Å². The topological polar surface area (TPSA) is 113 Å². The second-order valence-corrected chi connectivity index (χ2v) is 4.27. The summed E-state index contributed by atoms with van der Waals surface area (Å²) in [5.41, 5.74) is 3.47. The summed E-state index contributed by atoms with van der Waals surface area (Å²) in [5.74, 6) is 5.38. The normalized spacial score (nSPS) is 10.1. The number of aromatic amines is 1. The Labute approximate surface area is 106 Å². The number of nitrogen functional groups attached to an aromatic ring is 1. The molecule has 2 heterocycles. The maximum Gasteiger partial charge on any atom is 0.304 e. The lowest BCUT2D eigenvalue weighted by Gasteiger charge is -2.04. The highest BCUT2D eigenvalue weighted by Crippen LogP contribution is 2.03. The Bertz CT molecular complexity index is 589. The van der Waals surface area contributed by atoms with Gasteiger partial charge in [0.15, 0.2) is 0 Å². The van der Waals surface area contributed by atoms with Crippen molar-refractivity contribution in [1.82, 2.24) is 15.3 Å². The quantitative estimate of drug-likeness (QED) is 0.461. The molecule has 0 unspecified atom stereocenters. The average Bonchev–Trinajstić information content (AvgIpc) is 2.82. The average molecular weight is 265 g/mol. The molecule has 8 heteroatoms. The van der Waals surface area contributed by atoms with E-state index in [2.05, 4.69) is 20.7 Å². The molecule has 1 amide bonds. The van der Waals surface area contributed by atoms with Gasteiger partial charge < -0.3 is 15.7 Å². The summed E-state index contributed by atoms with van der Waals surface area (Å²) >= 11 is 1.06. The Hall–Kier alpha value is -2.19. The summed E-state index contributed by atoms with van der Waals surface area (Å²) in [6, 6.07) is 3.20. The van der Waals surface area contributed by atoms with E-state index in [-0.39, 0.29) is 17.3 Å². The molecule has 2 rings (SSSR count). The number of nitrogens with one attached hydrogen (secondary N) is 3. The van der Waals surface area contributed by atoms with Crippen molar-refractivity contribution in [1.29, 1.82) is 0 Å². The fraction of sp³-hybridized carbons (Fsp3) is 0.100. The number of rotatable bonds is 4. The SMILES string of the molecule is NNc1ccc(C(=O)NCc2csc(=O)[nH]2)cn1. The van der Waals surface area contributed by atoms with Gasteiger partial charge in [-0.1, -0.05) is 11.3 Å². The Balaban J connectivity index is 1.96. The number of anilines is 1. The molecule has 0 saturated carbocycles. The van der Waals surface area contributed by atoms with Crippen LogP contribution in [-0.2, 0) is 6.54 Å². The Kier molecular flexibility index (Phi) is 3.70. The van der Waals surface area contributed by atoms with Crippen molar-refractivity contribution in [2.45, 2.75) is 6.54 Å². The van der Waals surface area contributed by atoms with Crippen LogP contribution < -0.4 is 21.5 Å². The van der Waals surface area contributed by atoms with Gasteiger partial charge in [-0.2, -0.15) is 0 Å². The van der Waals surface area contributed by atoms with Crippen LogP contribution in [0.4, 0.5) is 5.82 Å². The number of hydrazine groups is 1. The second kappa shape index (κ2) is 5.43. The van der Waals surface area contributed by atoms with Gasteiger partial charge in [-0.25, -0.2) is 10.8 Å². The lowest BCUT2D eigenvalue weighted by molar-refractivity contribution is 0.0950. The number of amides is 1. The van der Waals surface area contributed by atoms with Gasteiger partial charge >= 0.3 is 4.87 Å². The van der Waals surface area contributed by atoms with Crippen LogP contribution in [0.5, 0.6) is 0 Å². The molecule has 0 saturated heterocycles. The number of carbonyl (C=O) groups is 1. The lowest BCUT2D eigenvalue weighted by Crippen LogP contribution is -2.23. The zero-order valence-corrected chi connectivity index (χ0v) is 10.1. The molecular formula is C10H11N5O2S. The molecule has 0 aliphatic carbocycles. The summed E-state index contributed by atoms with van der Waals surface area (Å²) in [6.45, 7) is 0.272. The number of aromatic nitrogens is 2. The molecule has 0 aliphatic heterocycles. The van der Waals surface area contributed by atoms with Crippen LogP contribution in [0.3, 0.4) is 0 Å². The highest BCUT2D eigenvalue weighted by atomic mass is 32.1. The van der Waals surface area contributed by atoms with E-state index in [1.54, 1.807) is 17.5 Å². The van der Waals surface area contributed by atoms with Gasteiger partial charge in [0.1, 0.15) is 5.82 Å². The van der Waals surface area contributed by atoms with E-state index >= 15 is 0 Å². The smallest absolute Gasteiger partial charge is 0.304 e. The summed E-state index contributed by atoms with van der Waals surface area (Å²) < 4.78 is 0. The number of hydrogen-bond acceptors (Lipinski definition) is 6. The fourth-order valence-corrected chi connectivity index (χ4v) is 1.87. The van der Waals surface area contributed by atoms with Crippen molar-refractivity contribution in [2.24, 2.45) is 5.84 Å². The third-order valence-corrected chi connectivity index (χ3v) is 2.90. The minimum atomic E-state index is -0.266. The Morgan fingerprint density at radius 2 is 2.33 bits per heavy atom. The molecule has 0 fully saturated rings. The van der Waals surface area contributed by atoms with Crippen molar-refractivity contribution in [3.8, 4) is 0 Å². The number of thiazole rings is 1. The third-order valence-electron chi connectivity index (χ3n) is 2.18. The third kappa shape index (κ3) is 2.93. The summed E-state index contributed by atoms with van der Waals surface area (Å²) in [7, 11) is 0. The van der Waals surface area contributed by atoms with E-state index in [9.17, 15) is 9.59 Å². The number of pyridine rings is 1. The van der Waals surface area contributed by atoms with E-state index in [0.717, 1.165) is 11.3 Å². The van der Waals surface area contributed by atoms with Gasteiger partial charge in [-0.15, -0.1) is 0 Å². The Morgan fingerprint density at radius 3 is 2.89 bits per heavy atom. The van der Waals surface area contributed by atoms with Crippen molar-refractivity contribution >= 4 is 23.1 Å². The van der Waals surface area contributed by atoms with Gasteiger partial charge in [-0.3, -0.25) is 9.59 Å². The predicted molar refractivity (Wildman–Crippen MR) is 68.2 cm³/mol. The number of nitrogens with zero attached hydrogens (tertiary/aromatic N) is 1. The van der Waals surface area contributed by atoms with Crippen molar-refractivity contribution in [3.63, 3.8) is 0 Å². The fourth-order valence-electron chi connectivity index (χ4n) is 1.29. The molecule has 18 heavy (non-hydrogen) atoms. The van der Waals surface area contributed by atoms with Gasteiger partial charge in [0.25, 0.3) is 5.91 Å². The second-order valence-electron chi connectivity index (χ2n) is 3.43. The van der Waals surface area contributed by atoms with Gasteiger partial charge in [0.05, 0.1) is 12.1 Å². The van der Waals surface area contributed by atoms with Gasteiger partial charge in [0.2, 0.25) is 0 Å². The Morgan fingerprint density at radius 1 is 1.50 bits per heavy atom. The molecule has 94 valence electrons. The van der Waals surface area contributed by atoms with Crippen molar-refractivity contribution in [3.05, 3.63) is 44.6 Å². The van der Waals surface area contributed by atoms with Crippen LogP contribution in [0.15, 0.2) is 28.5 Å². The summed E-state index contributed by atoms with van der Waals surface area (Å²) in [4.78, 5) is 29.0. The molecule has 0 atom stereocenters. The maximum atomic E-state index is 11.7. The van der Waals surface area contributed by atoms with Crippen LogP contribution in [0, 0.1) is 0 Å². The number of nitrogens with two attached hydrogens (primary N) is 1. The predicted octanol–water partition coefficient (Wildman–Crippen LogP) is 0.0470. The first-order valence-electron chi connectivity index (χ1n) is 5.06. The largest absolute Gasteiger partial charge is 0.346 e. The van der Waals surface area contributed by atoms with Gasteiger partial charge in [0, 0.05) is 17.3 Å². The molecule has 0 aromatic carbocycles. The maximum absolute atomic E-state index is 11.7. The van der Waals surface area contributed by atoms with Crippen molar-refractivity contribution < 1.29 is 4.79 Å². The van der Waals surface area contributed by atoms with E-state index in [1.165, 1.54) is 6.20 Å². The van der Waals surface area contributed by atoms with E-state index in [4.69, 9.17) is 5.84 Å². The molecule has 0 aliphatic rings. The first-order valence-corrected chi connectivity index (χ1v) is 5.94. The van der Waals surface area contributed by atoms with Gasteiger partial charge in [-0.05, 0) is 12.1 Å². The first kappa shape index (κ1) is 12.3. The minimum absolute atomic E-state index is 0.140. The van der Waals surface area contributed by atoms with Crippen molar-refractivity contribution in [2.75, 3.05) is 5.43 Å². The summed E-state index contributed by atoms with van der Waals surface area (Å²) in [6.07, 6.45) is 1.42. The number of H-pyrrole nitrogens is 1. The zero-order valence-electron chi connectivity index (χ0n) is 9.27. The van der Waals surface area contributed by atoms with Crippen LogP contribution in [0.2, 0.25) is 0 Å². The van der Waals surface area contributed by atoms with E-state index < -0.39 is 0 Å². The number of hydrogen-bond donors (Lipinski definition) is 4. The highest BCUT2D eigenvalue weighted by molar-refractivity contribution is 7.07. The first-order chi connectivity index (χ1) is 8.69. The van der Waals surface area contributed by atoms with Crippen LogP contribution in [0.1, 0.15) is 16.1 Å². The van der Waals surface area contributed by atoms with Crippen LogP contribution >= 0.6 is 11.3 Å². The number of carbonyl (C=O) groups excluding carboxylic acids is 1. The molecule has 5 N–H and O–H groups in total. The van der Waals surface area contributed by atoms with E-state index in [1.807, 2.05) is 0 Å². The molecule has 2 aromatic heterocycles. The molecule has 2 aromatic rings.